The molecule has 25 heavy (non-hydrogen) atoms. The predicted octanol–water partition coefficient (Wildman–Crippen LogP) is 3.53. The number of thioether (sulfide) groups is 1. The van der Waals surface area contributed by atoms with Gasteiger partial charge in [0.05, 0.1) is 18.9 Å². The summed E-state index contributed by atoms with van der Waals surface area (Å²) in [6.45, 7) is 2.74. The van der Waals surface area contributed by atoms with Gasteiger partial charge in [-0.3, -0.25) is 4.57 Å². The minimum absolute atomic E-state index is 0.241. The van der Waals surface area contributed by atoms with Crippen molar-refractivity contribution in [2.24, 2.45) is 5.92 Å². The highest BCUT2D eigenvalue weighted by molar-refractivity contribution is 7.99. The summed E-state index contributed by atoms with van der Waals surface area (Å²) in [7, 11) is 0. The van der Waals surface area contributed by atoms with Crippen LogP contribution >= 0.6 is 35.0 Å². The van der Waals surface area contributed by atoms with E-state index in [0.717, 1.165) is 25.3 Å². The van der Waals surface area contributed by atoms with E-state index in [-0.39, 0.29) is 11.7 Å². The first-order valence-corrected chi connectivity index (χ1v) is 9.83. The molecule has 0 N–H and O–H groups in total. The molecule has 9 heteroatoms. The predicted molar refractivity (Wildman–Crippen MR) is 97.6 cm³/mol. The highest BCUT2D eigenvalue weighted by Crippen LogP contribution is 2.54. The number of ether oxygens (including phenoxy) is 1. The van der Waals surface area contributed by atoms with Crippen molar-refractivity contribution >= 4 is 40.9 Å². The largest absolute Gasteiger partial charge is 0.378 e. The summed E-state index contributed by atoms with van der Waals surface area (Å²) in [5.74, 6) is 1.40. The Balaban J connectivity index is 1.64. The Labute approximate surface area is 159 Å². The molecule has 2 fully saturated rings. The molecule has 4 rings (SSSR count). The van der Waals surface area contributed by atoms with Gasteiger partial charge in [-0.05, 0) is 24.6 Å². The third-order valence-electron chi connectivity index (χ3n) is 4.35. The molecule has 0 spiro atoms. The Bertz CT molecular complexity index is 766. The van der Waals surface area contributed by atoms with Crippen LogP contribution in [0.15, 0.2) is 29.4 Å². The maximum atomic E-state index is 13.8. The number of rotatable bonds is 5. The minimum atomic E-state index is -0.621. The van der Waals surface area contributed by atoms with Crippen molar-refractivity contribution in [3.63, 3.8) is 0 Å². The zero-order valence-corrected chi connectivity index (χ0v) is 15.7. The van der Waals surface area contributed by atoms with Crippen LogP contribution in [0.1, 0.15) is 6.42 Å². The molecule has 0 amide bonds. The van der Waals surface area contributed by atoms with Gasteiger partial charge in [0.1, 0.15) is 10.2 Å². The lowest BCUT2D eigenvalue weighted by molar-refractivity contribution is 0.122. The normalized spacial score (nSPS) is 22.2. The number of morpholine rings is 1. The fourth-order valence-corrected chi connectivity index (χ4v) is 4.67. The molecule has 1 aliphatic heterocycles. The van der Waals surface area contributed by atoms with Gasteiger partial charge in [-0.2, -0.15) is 0 Å². The molecule has 5 nitrogen and oxygen atoms in total. The van der Waals surface area contributed by atoms with Crippen LogP contribution in [0.5, 0.6) is 0 Å². The number of anilines is 1. The van der Waals surface area contributed by atoms with Crippen LogP contribution in [0.3, 0.4) is 0 Å². The lowest BCUT2D eigenvalue weighted by Gasteiger charge is -2.27. The summed E-state index contributed by atoms with van der Waals surface area (Å²) < 4.78 is 20.4. The van der Waals surface area contributed by atoms with Crippen LogP contribution in [-0.4, -0.2) is 51.2 Å². The van der Waals surface area contributed by atoms with Gasteiger partial charge < -0.3 is 9.64 Å². The zero-order chi connectivity index (χ0) is 17.4. The first-order valence-electron chi connectivity index (χ1n) is 8.09. The maximum Gasteiger partial charge on any atom is 0.232 e. The van der Waals surface area contributed by atoms with Gasteiger partial charge in [0.15, 0.2) is 5.16 Å². The van der Waals surface area contributed by atoms with Gasteiger partial charge in [-0.15, -0.1) is 33.4 Å². The molecule has 1 saturated heterocycles. The van der Waals surface area contributed by atoms with E-state index in [1.165, 1.54) is 12.1 Å². The Morgan fingerprint density at radius 3 is 2.72 bits per heavy atom. The first kappa shape index (κ1) is 17.4. The van der Waals surface area contributed by atoms with Crippen molar-refractivity contribution in [2.45, 2.75) is 15.9 Å². The van der Waals surface area contributed by atoms with E-state index in [2.05, 4.69) is 15.1 Å². The van der Waals surface area contributed by atoms with E-state index in [1.807, 2.05) is 10.6 Å². The molecular weight excluding hydrogens is 386 g/mol. The highest BCUT2D eigenvalue weighted by Gasteiger charge is 2.51. The van der Waals surface area contributed by atoms with Gasteiger partial charge in [0.2, 0.25) is 5.95 Å². The monoisotopic (exact) mass is 402 g/mol. The summed E-state index contributed by atoms with van der Waals surface area (Å²) in [5.41, 5.74) is 0.702. The number of benzene rings is 1. The maximum absolute atomic E-state index is 13.8. The summed E-state index contributed by atoms with van der Waals surface area (Å²) in [4.78, 5) is 2.11. The van der Waals surface area contributed by atoms with Crippen LogP contribution in [0.25, 0.3) is 5.69 Å². The van der Waals surface area contributed by atoms with Crippen LogP contribution in [0.2, 0.25) is 0 Å². The van der Waals surface area contributed by atoms with Gasteiger partial charge in [-0.25, -0.2) is 4.39 Å². The van der Waals surface area contributed by atoms with E-state index in [0.29, 0.717) is 30.0 Å². The molecule has 2 aromatic rings. The quantitative estimate of drug-likeness (QED) is 0.565. The molecule has 0 bridgehead atoms. The van der Waals surface area contributed by atoms with E-state index in [4.69, 9.17) is 27.9 Å². The molecule has 1 atom stereocenters. The summed E-state index contributed by atoms with van der Waals surface area (Å²) in [5, 5.41) is 9.40. The topological polar surface area (TPSA) is 43.2 Å². The lowest BCUT2D eigenvalue weighted by Crippen LogP contribution is -2.37. The third-order valence-corrected chi connectivity index (χ3v) is 6.36. The molecule has 1 saturated carbocycles. The molecular formula is C16H17Cl2FN4OS. The van der Waals surface area contributed by atoms with E-state index < -0.39 is 4.33 Å². The van der Waals surface area contributed by atoms with Crippen LogP contribution in [0.4, 0.5) is 10.3 Å². The molecule has 1 aromatic carbocycles. The van der Waals surface area contributed by atoms with Crippen LogP contribution in [0, 0.1) is 11.7 Å². The smallest absolute Gasteiger partial charge is 0.232 e. The molecule has 0 unspecified atom stereocenters. The highest BCUT2D eigenvalue weighted by atomic mass is 35.5. The second kappa shape index (κ2) is 6.95. The van der Waals surface area contributed by atoms with Gasteiger partial charge in [-0.1, -0.05) is 17.8 Å². The van der Waals surface area contributed by atoms with Crippen molar-refractivity contribution in [1.29, 1.82) is 0 Å². The second-order valence-electron chi connectivity index (χ2n) is 6.17. The Morgan fingerprint density at radius 1 is 1.28 bits per heavy atom. The van der Waals surface area contributed by atoms with Crippen molar-refractivity contribution in [3.8, 4) is 5.69 Å². The molecule has 2 aliphatic rings. The number of alkyl halides is 2. The van der Waals surface area contributed by atoms with E-state index in [9.17, 15) is 4.39 Å². The number of aromatic nitrogens is 3. The standard InChI is InChI=1S/C16H17Cl2FN4OS/c17-16(18)9-11(16)10-25-15-21-20-14(22-4-6-24-7-5-22)23(15)13-3-1-2-12(19)8-13/h1-3,8,11H,4-7,9-10H2/t11-/m0/s1. The Kier molecular flexibility index (Phi) is 4.83. The lowest BCUT2D eigenvalue weighted by atomic mass is 10.3. The fourth-order valence-electron chi connectivity index (χ4n) is 2.79. The Morgan fingerprint density at radius 2 is 2.04 bits per heavy atom. The summed E-state index contributed by atoms with van der Waals surface area (Å²) in [6.07, 6.45) is 0.785. The van der Waals surface area contributed by atoms with Crippen molar-refractivity contribution in [2.75, 3.05) is 37.0 Å². The number of hydrogen-bond donors (Lipinski definition) is 0. The average molecular weight is 403 g/mol. The van der Waals surface area contributed by atoms with E-state index in [1.54, 1.807) is 17.8 Å². The van der Waals surface area contributed by atoms with Gasteiger partial charge in [0, 0.05) is 24.8 Å². The summed E-state index contributed by atoms with van der Waals surface area (Å²) >= 11 is 13.8. The zero-order valence-electron chi connectivity index (χ0n) is 13.4. The second-order valence-corrected chi connectivity index (χ2v) is 8.70. The SMILES string of the molecule is Fc1cccc(-n2c(SC[C@@H]3CC3(Cl)Cl)nnc2N2CCOCC2)c1. The minimum Gasteiger partial charge on any atom is -0.378 e. The van der Waals surface area contributed by atoms with Gasteiger partial charge in [0.25, 0.3) is 0 Å². The molecule has 1 aliphatic carbocycles. The van der Waals surface area contributed by atoms with Gasteiger partial charge >= 0.3 is 0 Å². The average Bonchev–Trinajstić information content (AvgIpc) is 3.03. The Hall–Kier alpha value is -1.02. The van der Waals surface area contributed by atoms with Crippen LogP contribution < -0.4 is 4.90 Å². The first-order chi connectivity index (χ1) is 12.0. The molecule has 1 aromatic heterocycles. The van der Waals surface area contributed by atoms with Crippen molar-refractivity contribution < 1.29 is 9.13 Å². The number of nitrogens with zero attached hydrogens (tertiary/aromatic N) is 4. The van der Waals surface area contributed by atoms with Crippen molar-refractivity contribution in [1.82, 2.24) is 14.8 Å². The molecule has 134 valence electrons. The number of hydrogen-bond acceptors (Lipinski definition) is 5. The van der Waals surface area contributed by atoms with E-state index >= 15 is 0 Å². The molecule has 2 heterocycles. The van der Waals surface area contributed by atoms with Crippen LogP contribution in [-0.2, 0) is 4.74 Å². The fraction of sp³-hybridized carbons (Fsp3) is 0.500. The molecule has 0 radical (unpaired) electrons. The van der Waals surface area contributed by atoms with Crippen molar-refractivity contribution in [3.05, 3.63) is 30.1 Å². The third kappa shape index (κ3) is 3.74. The number of halogens is 3. The summed E-state index contributed by atoms with van der Waals surface area (Å²) in [6, 6.07) is 6.45.